The van der Waals surface area contributed by atoms with Crippen molar-refractivity contribution in [2.75, 3.05) is 13.1 Å². The van der Waals surface area contributed by atoms with Gasteiger partial charge in [0.2, 0.25) is 11.6 Å². The van der Waals surface area contributed by atoms with Gasteiger partial charge in [-0.15, -0.1) is 5.10 Å². The van der Waals surface area contributed by atoms with Crippen LogP contribution in [0.4, 0.5) is 0 Å². The highest BCUT2D eigenvalue weighted by Gasteiger charge is 2.30. The number of likely N-dealkylation sites (tertiary alicyclic amines) is 1. The molecule has 3 heterocycles. The summed E-state index contributed by atoms with van der Waals surface area (Å²) in [5, 5.41) is 11.1. The molecule has 19 heavy (non-hydrogen) atoms. The van der Waals surface area contributed by atoms with Gasteiger partial charge in [0.15, 0.2) is 0 Å². The molecule has 1 atom stereocenters. The van der Waals surface area contributed by atoms with E-state index in [-0.39, 0.29) is 17.8 Å². The summed E-state index contributed by atoms with van der Waals surface area (Å²) in [7, 11) is 0. The van der Waals surface area contributed by atoms with E-state index in [9.17, 15) is 4.79 Å². The normalized spacial score (nSPS) is 18.5. The number of hydrogen-bond donors (Lipinski definition) is 0. The fourth-order valence-corrected chi connectivity index (χ4v) is 2.01. The van der Waals surface area contributed by atoms with Crippen molar-refractivity contribution in [1.29, 1.82) is 0 Å². The summed E-state index contributed by atoms with van der Waals surface area (Å²) in [6.07, 6.45) is 3.73. The zero-order chi connectivity index (χ0) is 13.1. The number of hydrogen-bond acceptors (Lipinski definition) is 6. The second kappa shape index (κ2) is 5.05. The molecule has 1 unspecified atom stereocenters. The van der Waals surface area contributed by atoms with Gasteiger partial charge in [-0.1, -0.05) is 5.16 Å². The van der Waals surface area contributed by atoms with Gasteiger partial charge < -0.3 is 14.2 Å². The third kappa shape index (κ3) is 2.54. The number of aromatic nitrogens is 3. The maximum Gasteiger partial charge on any atom is 0.292 e. The molecule has 1 fully saturated rings. The Labute approximate surface area is 109 Å². The van der Waals surface area contributed by atoms with Crippen molar-refractivity contribution in [2.45, 2.75) is 12.5 Å². The van der Waals surface area contributed by atoms with E-state index in [1.807, 2.05) is 0 Å². The van der Waals surface area contributed by atoms with E-state index >= 15 is 0 Å². The minimum atomic E-state index is -0.164. The van der Waals surface area contributed by atoms with Crippen LogP contribution in [0, 0.1) is 0 Å². The van der Waals surface area contributed by atoms with Crippen LogP contribution in [0.5, 0.6) is 5.88 Å². The van der Waals surface area contributed by atoms with E-state index in [1.54, 1.807) is 29.3 Å². The molecular weight excluding hydrogens is 248 g/mol. The second-order valence-corrected chi connectivity index (χ2v) is 4.22. The first kappa shape index (κ1) is 11.6. The quantitative estimate of drug-likeness (QED) is 0.810. The molecule has 2 aromatic rings. The van der Waals surface area contributed by atoms with E-state index < -0.39 is 0 Å². The zero-order valence-electron chi connectivity index (χ0n) is 10.1. The summed E-state index contributed by atoms with van der Waals surface area (Å²) in [6, 6.07) is 5.06. The lowest BCUT2D eigenvalue weighted by Crippen LogP contribution is -2.30. The van der Waals surface area contributed by atoms with Crippen LogP contribution in [0.25, 0.3) is 0 Å². The minimum Gasteiger partial charge on any atom is -0.471 e. The van der Waals surface area contributed by atoms with E-state index in [0.29, 0.717) is 19.0 Å². The van der Waals surface area contributed by atoms with Crippen molar-refractivity contribution in [1.82, 2.24) is 20.3 Å². The number of ether oxygens (including phenoxy) is 1. The number of carbonyl (C=O) groups is 1. The molecule has 7 nitrogen and oxygen atoms in total. The van der Waals surface area contributed by atoms with Gasteiger partial charge >= 0.3 is 0 Å². The van der Waals surface area contributed by atoms with Gasteiger partial charge in [0, 0.05) is 31.3 Å². The highest BCUT2D eigenvalue weighted by Crippen LogP contribution is 2.17. The van der Waals surface area contributed by atoms with E-state index in [0.717, 1.165) is 6.42 Å². The summed E-state index contributed by atoms with van der Waals surface area (Å²) >= 11 is 0. The Bertz CT molecular complexity index is 543. The molecule has 3 rings (SSSR count). The summed E-state index contributed by atoms with van der Waals surface area (Å²) in [6.45, 7) is 1.14. The smallest absolute Gasteiger partial charge is 0.292 e. The largest absolute Gasteiger partial charge is 0.471 e. The van der Waals surface area contributed by atoms with Gasteiger partial charge in [-0.05, 0) is 6.07 Å². The standard InChI is InChI=1S/C12H12N4O3/c17-12(10-3-6-14-19-10)16-7-4-9(8-16)18-11-2-1-5-13-15-11/h1-3,5-6,9H,4,7-8H2. The lowest BCUT2D eigenvalue weighted by atomic mass is 10.3. The molecule has 2 aromatic heterocycles. The van der Waals surface area contributed by atoms with E-state index in [1.165, 1.54) is 6.20 Å². The Kier molecular flexibility index (Phi) is 3.09. The summed E-state index contributed by atoms with van der Waals surface area (Å²) < 4.78 is 10.5. The van der Waals surface area contributed by atoms with Crippen LogP contribution < -0.4 is 4.74 Å². The maximum atomic E-state index is 12.0. The third-order valence-corrected chi connectivity index (χ3v) is 2.92. The third-order valence-electron chi connectivity index (χ3n) is 2.92. The van der Waals surface area contributed by atoms with Gasteiger partial charge in [-0.3, -0.25) is 4.79 Å². The van der Waals surface area contributed by atoms with Gasteiger partial charge in [0.05, 0.1) is 12.7 Å². The average molecular weight is 260 g/mol. The molecule has 1 amide bonds. The van der Waals surface area contributed by atoms with Gasteiger partial charge in [0.25, 0.3) is 5.91 Å². The fourth-order valence-electron chi connectivity index (χ4n) is 2.01. The minimum absolute atomic E-state index is 0.0661. The molecule has 0 spiro atoms. The van der Waals surface area contributed by atoms with Crippen molar-refractivity contribution >= 4 is 5.91 Å². The molecule has 98 valence electrons. The SMILES string of the molecule is O=C(c1ccno1)N1CCC(Oc2cccnn2)C1. The first-order chi connectivity index (χ1) is 9.33. The van der Waals surface area contributed by atoms with Gasteiger partial charge in [-0.2, -0.15) is 5.10 Å². The lowest BCUT2D eigenvalue weighted by Gasteiger charge is -2.15. The fraction of sp³-hybridized carbons (Fsp3) is 0.333. The topological polar surface area (TPSA) is 81.4 Å². The second-order valence-electron chi connectivity index (χ2n) is 4.22. The van der Waals surface area contributed by atoms with Crippen LogP contribution >= 0.6 is 0 Å². The average Bonchev–Trinajstić information content (AvgIpc) is 3.10. The van der Waals surface area contributed by atoms with Crippen LogP contribution in [-0.4, -0.2) is 45.4 Å². The summed E-state index contributed by atoms with van der Waals surface area (Å²) in [5.41, 5.74) is 0. The van der Waals surface area contributed by atoms with Crippen LogP contribution in [0.2, 0.25) is 0 Å². The van der Waals surface area contributed by atoms with Crippen molar-refractivity contribution in [2.24, 2.45) is 0 Å². The molecule has 7 heteroatoms. The first-order valence-corrected chi connectivity index (χ1v) is 5.97. The Balaban J connectivity index is 1.60. The lowest BCUT2D eigenvalue weighted by molar-refractivity contribution is 0.0730. The number of carbonyl (C=O) groups excluding carboxylic acids is 1. The molecule has 0 N–H and O–H groups in total. The summed E-state index contributed by atoms with van der Waals surface area (Å²) in [5.74, 6) is 0.560. The van der Waals surface area contributed by atoms with Crippen LogP contribution in [0.3, 0.4) is 0 Å². The van der Waals surface area contributed by atoms with Crippen molar-refractivity contribution < 1.29 is 14.1 Å². The monoisotopic (exact) mass is 260 g/mol. The van der Waals surface area contributed by atoms with E-state index in [4.69, 9.17) is 9.26 Å². The maximum absolute atomic E-state index is 12.0. The van der Waals surface area contributed by atoms with E-state index in [2.05, 4.69) is 15.4 Å². The molecule has 0 aromatic carbocycles. The predicted octanol–water partition coefficient (Wildman–Crippen LogP) is 0.758. The summed E-state index contributed by atoms with van der Waals surface area (Å²) in [4.78, 5) is 13.7. The Morgan fingerprint density at radius 2 is 2.37 bits per heavy atom. The Hall–Kier alpha value is -2.44. The van der Waals surface area contributed by atoms with Gasteiger partial charge in [-0.25, -0.2) is 0 Å². The Morgan fingerprint density at radius 1 is 1.42 bits per heavy atom. The number of amides is 1. The molecule has 0 saturated carbocycles. The molecule has 1 aliphatic heterocycles. The molecule has 1 saturated heterocycles. The molecular formula is C12H12N4O3. The number of rotatable bonds is 3. The molecule has 1 aliphatic rings. The highest BCUT2D eigenvalue weighted by atomic mass is 16.5. The van der Waals surface area contributed by atoms with Crippen molar-refractivity contribution in [3.05, 3.63) is 36.4 Å². The van der Waals surface area contributed by atoms with Crippen molar-refractivity contribution in [3.63, 3.8) is 0 Å². The first-order valence-electron chi connectivity index (χ1n) is 5.97. The molecule has 0 radical (unpaired) electrons. The van der Waals surface area contributed by atoms with Crippen molar-refractivity contribution in [3.8, 4) is 5.88 Å². The van der Waals surface area contributed by atoms with Gasteiger partial charge in [0.1, 0.15) is 6.10 Å². The molecule has 0 bridgehead atoms. The Morgan fingerprint density at radius 3 is 3.11 bits per heavy atom. The molecule has 0 aliphatic carbocycles. The predicted molar refractivity (Wildman–Crippen MR) is 63.5 cm³/mol. The van der Waals surface area contributed by atoms with Crippen LogP contribution in [0.1, 0.15) is 17.0 Å². The van der Waals surface area contributed by atoms with Crippen LogP contribution in [-0.2, 0) is 0 Å². The zero-order valence-corrected chi connectivity index (χ0v) is 10.1. The van der Waals surface area contributed by atoms with Crippen LogP contribution in [0.15, 0.2) is 35.1 Å². The number of nitrogens with zero attached hydrogens (tertiary/aromatic N) is 4. The highest BCUT2D eigenvalue weighted by molar-refractivity contribution is 5.91.